The maximum absolute atomic E-state index is 5.86. The molecule has 0 fully saturated rings. The van der Waals surface area contributed by atoms with Crippen molar-refractivity contribution in [2.75, 3.05) is 5.32 Å². The number of aryl methyl sites for hydroxylation is 1. The highest BCUT2D eigenvalue weighted by Crippen LogP contribution is 2.16. The number of rotatable bonds is 8. The number of pyridine rings is 1. The number of hydrogen-bond donors (Lipinski definition) is 1. The highest BCUT2D eigenvalue weighted by Gasteiger charge is 2.03. The molecule has 0 bridgehead atoms. The molecule has 1 aromatic carbocycles. The van der Waals surface area contributed by atoms with Gasteiger partial charge in [-0.2, -0.15) is 5.10 Å². The van der Waals surface area contributed by atoms with Crippen LogP contribution in [0.5, 0.6) is 5.75 Å². The molecule has 27 heavy (non-hydrogen) atoms. The zero-order valence-corrected chi connectivity index (χ0v) is 15.4. The van der Waals surface area contributed by atoms with Gasteiger partial charge in [-0.15, -0.1) is 0 Å². The number of benzene rings is 1. The molecule has 1 N–H and O–H groups in total. The van der Waals surface area contributed by atoms with Gasteiger partial charge in [-0.05, 0) is 36.2 Å². The van der Waals surface area contributed by atoms with Crippen LogP contribution in [0.2, 0.25) is 0 Å². The summed E-state index contributed by atoms with van der Waals surface area (Å²) in [5.41, 5.74) is 4.07. The Kier molecular flexibility index (Phi) is 5.05. The van der Waals surface area contributed by atoms with E-state index in [0.717, 1.165) is 42.3 Å². The summed E-state index contributed by atoms with van der Waals surface area (Å²) in [6.07, 6.45) is 8.96. The van der Waals surface area contributed by atoms with E-state index in [4.69, 9.17) is 4.74 Å². The second-order valence-corrected chi connectivity index (χ2v) is 6.48. The molecule has 6 nitrogen and oxygen atoms in total. The molecule has 3 heterocycles. The summed E-state index contributed by atoms with van der Waals surface area (Å²) >= 11 is 0. The van der Waals surface area contributed by atoms with Gasteiger partial charge in [-0.3, -0.25) is 4.68 Å². The minimum absolute atomic E-state index is 0.454. The van der Waals surface area contributed by atoms with Crippen molar-refractivity contribution in [3.63, 3.8) is 0 Å². The predicted octanol–water partition coefficient (Wildman–Crippen LogP) is 4.13. The predicted molar refractivity (Wildman–Crippen MR) is 106 cm³/mol. The number of aromatic nitrogens is 4. The molecular formula is C21H23N5O. The Balaban J connectivity index is 1.30. The standard InChI is InChI=1S/C21H23N5O/c1-2-10-26-15-18(13-23-26)22-12-17-6-8-20(9-7-17)27-16-19-14-25-11-4-3-5-21(25)24-19/h3-9,11,13-15,22H,2,10,12,16H2,1H3. The molecule has 0 atom stereocenters. The molecule has 0 spiro atoms. The van der Waals surface area contributed by atoms with Gasteiger partial charge in [-0.25, -0.2) is 4.98 Å². The van der Waals surface area contributed by atoms with Gasteiger partial charge in [0.05, 0.1) is 17.6 Å². The molecule has 0 radical (unpaired) electrons. The van der Waals surface area contributed by atoms with Crippen molar-refractivity contribution in [3.05, 3.63) is 78.5 Å². The lowest BCUT2D eigenvalue weighted by atomic mass is 10.2. The summed E-state index contributed by atoms with van der Waals surface area (Å²) in [6.45, 7) is 4.30. The van der Waals surface area contributed by atoms with Crippen LogP contribution in [-0.4, -0.2) is 19.2 Å². The zero-order valence-electron chi connectivity index (χ0n) is 15.4. The number of nitrogens with one attached hydrogen (secondary N) is 1. The lowest BCUT2D eigenvalue weighted by Gasteiger charge is -2.07. The number of nitrogens with zero attached hydrogens (tertiary/aromatic N) is 4. The molecule has 0 aliphatic heterocycles. The molecule has 0 amide bonds. The number of hydrogen-bond acceptors (Lipinski definition) is 4. The third-order valence-corrected chi connectivity index (χ3v) is 4.31. The van der Waals surface area contributed by atoms with Gasteiger partial charge in [0.2, 0.25) is 0 Å². The molecule has 0 aliphatic carbocycles. The molecule has 4 rings (SSSR count). The Labute approximate surface area is 158 Å². The van der Waals surface area contributed by atoms with E-state index in [9.17, 15) is 0 Å². The van der Waals surface area contributed by atoms with Crippen molar-refractivity contribution in [3.8, 4) is 5.75 Å². The first-order chi connectivity index (χ1) is 13.3. The maximum Gasteiger partial charge on any atom is 0.137 e. The van der Waals surface area contributed by atoms with Crippen LogP contribution in [0.4, 0.5) is 5.69 Å². The molecule has 6 heteroatoms. The summed E-state index contributed by atoms with van der Waals surface area (Å²) in [5, 5.41) is 7.72. The monoisotopic (exact) mass is 361 g/mol. The molecule has 138 valence electrons. The Bertz CT molecular complexity index is 970. The molecule has 0 saturated carbocycles. The van der Waals surface area contributed by atoms with Crippen molar-refractivity contribution in [1.29, 1.82) is 0 Å². The van der Waals surface area contributed by atoms with Crippen LogP contribution < -0.4 is 10.1 Å². The molecular weight excluding hydrogens is 338 g/mol. The molecule has 0 unspecified atom stereocenters. The van der Waals surface area contributed by atoms with Crippen molar-refractivity contribution in [2.24, 2.45) is 0 Å². The highest BCUT2D eigenvalue weighted by molar-refractivity contribution is 5.40. The van der Waals surface area contributed by atoms with E-state index in [-0.39, 0.29) is 0 Å². The van der Waals surface area contributed by atoms with E-state index in [2.05, 4.69) is 34.5 Å². The first-order valence-electron chi connectivity index (χ1n) is 9.21. The summed E-state index contributed by atoms with van der Waals surface area (Å²) < 4.78 is 9.81. The third kappa shape index (κ3) is 4.28. The fraction of sp³-hybridized carbons (Fsp3) is 0.238. The topological polar surface area (TPSA) is 56.4 Å². The Morgan fingerprint density at radius 1 is 1.07 bits per heavy atom. The van der Waals surface area contributed by atoms with E-state index in [1.54, 1.807) is 0 Å². The van der Waals surface area contributed by atoms with E-state index in [1.165, 1.54) is 5.56 Å². The number of imidazole rings is 1. The van der Waals surface area contributed by atoms with Gasteiger partial charge in [0.1, 0.15) is 18.0 Å². The average Bonchev–Trinajstić information content (AvgIpc) is 3.32. The van der Waals surface area contributed by atoms with Gasteiger partial charge in [0, 0.05) is 31.7 Å². The highest BCUT2D eigenvalue weighted by atomic mass is 16.5. The molecule has 3 aromatic heterocycles. The van der Waals surface area contributed by atoms with Gasteiger partial charge < -0.3 is 14.5 Å². The SMILES string of the molecule is CCCn1cc(NCc2ccc(OCc3cn4ccccc4n3)cc2)cn1. The first-order valence-corrected chi connectivity index (χ1v) is 9.21. The van der Waals surface area contributed by atoms with Crippen molar-refractivity contribution in [1.82, 2.24) is 19.2 Å². The van der Waals surface area contributed by atoms with Crippen LogP contribution in [0.15, 0.2) is 67.3 Å². The van der Waals surface area contributed by atoms with E-state index >= 15 is 0 Å². The Morgan fingerprint density at radius 3 is 2.78 bits per heavy atom. The maximum atomic E-state index is 5.86. The third-order valence-electron chi connectivity index (χ3n) is 4.31. The minimum atomic E-state index is 0.454. The van der Waals surface area contributed by atoms with Crippen LogP contribution in [0.25, 0.3) is 5.65 Å². The van der Waals surface area contributed by atoms with E-state index in [0.29, 0.717) is 6.61 Å². The van der Waals surface area contributed by atoms with Crippen molar-refractivity contribution >= 4 is 11.3 Å². The quantitative estimate of drug-likeness (QED) is 0.513. The summed E-state index contributed by atoms with van der Waals surface area (Å²) in [5.74, 6) is 0.839. The zero-order chi connectivity index (χ0) is 18.5. The fourth-order valence-electron chi connectivity index (χ4n) is 2.93. The second kappa shape index (κ2) is 7.95. The summed E-state index contributed by atoms with van der Waals surface area (Å²) in [7, 11) is 0. The average molecular weight is 361 g/mol. The summed E-state index contributed by atoms with van der Waals surface area (Å²) in [4.78, 5) is 4.54. The minimum Gasteiger partial charge on any atom is -0.487 e. The van der Waals surface area contributed by atoms with E-state index in [1.807, 2.05) is 64.2 Å². The second-order valence-electron chi connectivity index (χ2n) is 6.48. The van der Waals surface area contributed by atoms with Gasteiger partial charge in [0.15, 0.2) is 0 Å². The number of anilines is 1. The van der Waals surface area contributed by atoms with Crippen LogP contribution >= 0.6 is 0 Å². The van der Waals surface area contributed by atoms with Crippen LogP contribution in [0.3, 0.4) is 0 Å². The van der Waals surface area contributed by atoms with E-state index < -0.39 is 0 Å². The largest absolute Gasteiger partial charge is 0.487 e. The lowest BCUT2D eigenvalue weighted by molar-refractivity contribution is 0.302. The van der Waals surface area contributed by atoms with Crippen LogP contribution in [-0.2, 0) is 19.7 Å². The van der Waals surface area contributed by atoms with Gasteiger partial charge in [-0.1, -0.05) is 25.1 Å². The molecule has 0 aliphatic rings. The normalized spacial score (nSPS) is 11.0. The molecule has 4 aromatic rings. The van der Waals surface area contributed by atoms with Crippen LogP contribution in [0.1, 0.15) is 24.6 Å². The van der Waals surface area contributed by atoms with Crippen LogP contribution in [0, 0.1) is 0 Å². The van der Waals surface area contributed by atoms with Gasteiger partial charge in [0.25, 0.3) is 0 Å². The smallest absolute Gasteiger partial charge is 0.137 e. The Hall–Kier alpha value is -3.28. The fourth-order valence-corrected chi connectivity index (χ4v) is 2.93. The lowest BCUT2D eigenvalue weighted by Crippen LogP contribution is -2.00. The first kappa shape index (κ1) is 17.1. The van der Waals surface area contributed by atoms with Crippen molar-refractivity contribution in [2.45, 2.75) is 33.0 Å². The number of ether oxygens (including phenoxy) is 1. The summed E-state index contributed by atoms with van der Waals surface area (Å²) in [6, 6.07) is 14.1. The Morgan fingerprint density at radius 2 is 1.96 bits per heavy atom. The van der Waals surface area contributed by atoms with Gasteiger partial charge >= 0.3 is 0 Å². The molecule has 0 saturated heterocycles. The van der Waals surface area contributed by atoms with Crippen molar-refractivity contribution < 1.29 is 4.74 Å². The number of fused-ring (bicyclic) bond motifs is 1.